The Labute approximate surface area is 106 Å². The number of rotatable bonds is 1. The molecule has 0 aliphatic carbocycles. The predicted octanol–water partition coefficient (Wildman–Crippen LogP) is 2.38. The molecule has 3 heteroatoms. The predicted molar refractivity (Wildman–Crippen MR) is 68.4 cm³/mol. The van der Waals surface area contributed by atoms with Crippen LogP contribution in [-0.2, 0) is 23.1 Å². The van der Waals surface area contributed by atoms with Gasteiger partial charge in [-0.1, -0.05) is 6.07 Å². The maximum absolute atomic E-state index is 9.41. The number of nitrogens with zero attached hydrogens (tertiary/aromatic N) is 2. The molecule has 0 spiro atoms. The third kappa shape index (κ3) is 1.16. The third-order valence-corrected chi connectivity index (χ3v) is 4.25. The third-order valence-electron chi connectivity index (χ3n) is 4.25. The van der Waals surface area contributed by atoms with Gasteiger partial charge < -0.3 is 9.30 Å². The van der Waals surface area contributed by atoms with E-state index in [4.69, 9.17) is 4.74 Å². The second-order valence-corrected chi connectivity index (χ2v) is 5.37. The summed E-state index contributed by atoms with van der Waals surface area (Å²) in [5.41, 5.74) is 3.49. The molecule has 0 saturated carbocycles. The van der Waals surface area contributed by atoms with Gasteiger partial charge in [-0.05, 0) is 36.1 Å². The highest BCUT2D eigenvalue weighted by molar-refractivity contribution is 5.85. The van der Waals surface area contributed by atoms with Crippen molar-refractivity contribution in [3.8, 4) is 6.07 Å². The first-order chi connectivity index (χ1) is 8.82. The molecule has 0 amide bonds. The maximum Gasteiger partial charge on any atom is 0.129 e. The van der Waals surface area contributed by atoms with Crippen LogP contribution in [0.1, 0.15) is 17.5 Å². The van der Waals surface area contributed by atoms with Gasteiger partial charge in [0.25, 0.3) is 0 Å². The molecular formula is C15H14N2O. The van der Waals surface area contributed by atoms with Crippen molar-refractivity contribution >= 4 is 10.9 Å². The average Bonchev–Trinajstić information content (AvgIpc) is 2.74. The van der Waals surface area contributed by atoms with Crippen LogP contribution in [-0.4, -0.2) is 17.8 Å². The number of aromatic nitrogens is 1. The van der Waals surface area contributed by atoms with Crippen LogP contribution in [0.3, 0.4) is 0 Å². The van der Waals surface area contributed by atoms with Crippen molar-refractivity contribution in [1.82, 2.24) is 4.57 Å². The molecular weight excluding hydrogens is 224 g/mol. The molecule has 90 valence electrons. The van der Waals surface area contributed by atoms with Gasteiger partial charge in [0, 0.05) is 18.1 Å². The van der Waals surface area contributed by atoms with Gasteiger partial charge in [-0.15, -0.1) is 0 Å². The minimum Gasteiger partial charge on any atom is -0.377 e. The molecule has 2 aliphatic rings. The molecule has 18 heavy (non-hydrogen) atoms. The molecule has 0 bridgehead atoms. The fraction of sp³-hybridized carbons (Fsp3) is 0.400. The van der Waals surface area contributed by atoms with Crippen LogP contribution in [0.2, 0.25) is 0 Å². The van der Waals surface area contributed by atoms with Crippen molar-refractivity contribution in [3.05, 3.63) is 35.5 Å². The molecule has 0 radical (unpaired) electrons. The lowest BCUT2D eigenvalue weighted by Gasteiger charge is -2.36. The van der Waals surface area contributed by atoms with Gasteiger partial charge in [0.05, 0.1) is 24.8 Å². The molecule has 2 aromatic rings. The van der Waals surface area contributed by atoms with E-state index in [1.165, 1.54) is 22.9 Å². The second kappa shape index (κ2) is 3.37. The largest absolute Gasteiger partial charge is 0.377 e. The highest BCUT2D eigenvalue weighted by Crippen LogP contribution is 2.36. The van der Waals surface area contributed by atoms with Crippen LogP contribution >= 0.6 is 0 Å². The number of benzene rings is 1. The normalized spacial score (nSPS) is 20.4. The molecule has 1 aromatic carbocycles. The van der Waals surface area contributed by atoms with Crippen LogP contribution in [0.25, 0.3) is 10.9 Å². The van der Waals surface area contributed by atoms with Gasteiger partial charge in [0.15, 0.2) is 0 Å². The van der Waals surface area contributed by atoms with Crippen molar-refractivity contribution in [2.75, 3.05) is 13.2 Å². The van der Waals surface area contributed by atoms with E-state index in [0.717, 1.165) is 18.5 Å². The molecule has 0 N–H and O–H groups in total. The van der Waals surface area contributed by atoms with E-state index >= 15 is 0 Å². The second-order valence-electron chi connectivity index (χ2n) is 5.37. The van der Waals surface area contributed by atoms with E-state index in [2.05, 4.69) is 35.0 Å². The van der Waals surface area contributed by atoms with Crippen molar-refractivity contribution in [2.24, 2.45) is 0 Å². The quantitative estimate of drug-likeness (QED) is 0.765. The summed E-state index contributed by atoms with van der Waals surface area (Å²) in [6.45, 7) is 2.19. The van der Waals surface area contributed by atoms with Crippen LogP contribution in [0.4, 0.5) is 0 Å². The van der Waals surface area contributed by atoms with E-state index in [1.54, 1.807) is 0 Å². The standard InChI is InChI=1S/C15H14N2O/c16-8-15(9-18-10-15)13-6-11-2-1-4-17-5-3-12(7-13)14(11)17/h3,5-7H,1-2,4,9-10H2. The Morgan fingerprint density at radius 3 is 2.94 bits per heavy atom. The van der Waals surface area contributed by atoms with Gasteiger partial charge in [-0.3, -0.25) is 0 Å². The first-order valence-electron chi connectivity index (χ1n) is 6.44. The molecule has 3 heterocycles. The molecule has 1 fully saturated rings. The Hall–Kier alpha value is -1.79. The SMILES string of the molecule is N#CC1(c2cc3c4c(ccn4CCC3)c2)COC1. The zero-order valence-corrected chi connectivity index (χ0v) is 10.1. The summed E-state index contributed by atoms with van der Waals surface area (Å²) in [4.78, 5) is 0. The number of aryl methyl sites for hydroxylation is 2. The zero-order valence-electron chi connectivity index (χ0n) is 10.1. The van der Waals surface area contributed by atoms with E-state index < -0.39 is 5.41 Å². The minimum atomic E-state index is -0.399. The van der Waals surface area contributed by atoms with Crippen molar-refractivity contribution < 1.29 is 4.74 Å². The molecule has 0 atom stereocenters. The van der Waals surface area contributed by atoms with E-state index in [-0.39, 0.29) is 0 Å². The van der Waals surface area contributed by atoms with Gasteiger partial charge >= 0.3 is 0 Å². The van der Waals surface area contributed by atoms with E-state index in [9.17, 15) is 5.26 Å². The van der Waals surface area contributed by atoms with Gasteiger partial charge in [0.1, 0.15) is 5.41 Å². The first kappa shape index (κ1) is 10.2. The van der Waals surface area contributed by atoms with Gasteiger partial charge in [0.2, 0.25) is 0 Å². The molecule has 2 aliphatic heterocycles. The first-order valence-corrected chi connectivity index (χ1v) is 6.44. The highest BCUT2D eigenvalue weighted by Gasteiger charge is 2.41. The molecule has 1 aromatic heterocycles. The maximum atomic E-state index is 9.41. The van der Waals surface area contributed by atoms with E-state index in [0.29, 0.717) is 13.2 Å². The minimum absolute atomic E-state index is 0.399. The summed E-state index contributed by atoms with van der Waals surface area (Å²) in [5.74, 6) is 0. The Morgan fingerprint density at radius 1 is 1.33 bits per heavy atom. The summed E-state index contributed by atoms with van der Waals surface area (Å²) < 4.78 is 7.59. The van der Waals surface area contributed by atoms with Crippen molar-refractivity contribution in [3.63, 3.8) is 0 Å². The monoisotopic (exact) mass is 238 g/mol. The van der Waals surface area contributed by atoms with Crippen molar-refractivity contribution in [1.29, 1.82) is 5.26 Å². The number of hydrogen-bond acceptors (Lipinski definition) is 2. The van der Waals surface area contributed by atoms with Gasteiger partial charge in [-0.2, -0.15) is 5.26 Å². The lowest BCUT2D eigenvalue weighted by Crippen LogP contribution is -2.45. The van der Waals surface area contributed by atoms with Crippen molar-refractivity contribution in [2.45, 2.75) is 24.8 Å². The fourth-order valence-corrected chi connectivity index (χ4v) is 3.14. The van der Waals surface area contributed by atoms with Crippen LogP contribution in [0.5, 0.6) is 0 Å². The average molecular weight is 238 g/mol. The summed E-state index contributed by atoms with van der Waals surface area (Å²) >= 11 is 0. The van der Waals surface area contributed by atoms with Crippen LogP contribution in [0.15, 0.2) is 24.4 Å². The topological polar surface area (TPSA) is 38.0 Å². The van der Waals surface area contributed by atoms with Crippen LogP contribution < -0.4 is 0 Å². The number of hydrogen-bond donors (Lipinski definition) is 0. The fourth-order valence-electron chi connectivity index (χ4n) is 3.14. The summed E-state index contributed by atoms with van der Waals surface area (Å²) in [7, 11) is 0. The molecule has 1 saturated heterocycles. The highest BCUT2D eigenvalue weighted by atomic mass is 16.5. The molecule has 3 nitrogen and oxygen atoms in total. The number of ether oxygens (including phenoxy) is 1. The zero-order chi connectivity index (χ0) is 12.2. The van der Waals surface area contributed by atoms with Crippen LogP contribution in [0, 0.1) is 11.3 Å². The van der Waals surface area contributed by atoms with Gasteiger partial charge in [-0.25, -0.2) is 0 Å². The Bertz CT molecular complexity index is 674. The Morgan fingerprint density at radius 2 is 2.22 bits per heavy atom. The van der Waals surface area contributed by atoms with E-state index in [1.807, 2.05) is 0 Å². The number of nitriles is 1. The Kier molecular flexibility index (Phi) is 1.90. The smallest absolute Gasteiger partial charge is 0.129 e. The Balaban J connectivity index is 1.97. The molecule has 0 unspecified atom stereocenters. The lowest BCUT2D eigenvalue weighted by atomic mass is 9.78. The lowest BCUT2D eigenvalue weighted by molar-refractivity contribution is -0.0297. The summed E-state index contributed by atoms with van der Waals surface area (Å²) in [6, 6.07) is 9.00. The summed E-state index contributed by atoms with van der Waals surface area (Å²) in [6.07, 6.45) is 4.47. The molecule has 4 rings (SSSR count). The summed E-state index contributed by atoms with van der Waals surface area (Å²) in [5, 5.41) is 10.7.